The molecule has 0 aliphatic carbocycles. The number of benzene rings is 4. The van der Waals surface area contributed by atoms with Crippen molar-refractivity contribution < 1.29 is 23.6 Å². The standard InChI is InChI=1S/C43H52BN8O5P/c1-29(2)37(45)27-40(47-32-10-8-9-30(23-32)28-58(4,5)54)50-43(53)49-38-13-14-39(36-12-7-6-11-35(36)38)57-41-15-17-46-42(51-41)48-33-24-31(25-34(26-33)55-3)44-16-18-52-19-21-56-22-20-52/h6-15,17,23-27,29,44-45,47H,16,18-22,28H2,1-5H3,(H,46,48,51)(H2,49,50,53)/b40-27+,45-37?. The molecule has 302 valence electrons. The van der Waals surface area contributed by atoms with Crippen LogP contribution in [0.2, 0.25) is 6.32 Å². The third-order valence-electron chi connectivity index (χ3n) is 9.42. The number of ether oxygens (including phenoxy) is 3. The molecule has 0 bridgehead atoms. The Morgan fingerprint density at radius 2 is 1.78 bits per heavy atom. The van der Waals surface area contributed by atoms with Crippen molar-refractivity contribution in [1.29, 1.82) is 5.41 Å². The summed E-state index contributed by atoms with van der Waals surface area (Å²) in [5, 5.41) is 22.4. The average molecular weight is 803 g/mol. The number of carbonyl (C=O) groups excluding carboxylic acids is 1. The highest BCUT2D eigenvalue weighted by Crippen LogP contribution is 2.40. The molecule has 58 heavy (non-hydrogen) atoms. The van der Waals surface area contributed by atoms with Crippen molar-refractivity contribution >= 4 is 65.4 Å². The molecular formula is C43H52BN8O5P. The minimum atomic E-state index is -2.29. The number of fused-ring (bicyclic) bond motifs is 1. The molecule has 0 atom stereocenters. The number of methoxy groups -OCH3 is 1. The summed E-state index contributed by atoms with van der Waals surface area (Å²) in [7, 11) is 0.275. The van der Waals surface area contributed by atoms with E-state index in [-0.39, 0.29) is 5.92 Å². The summed E-state index contributed by atoms with van der Waals surface area (Å²) in [6.45, 7) is 11.9. The number of hydrogen-bond donors (Lipinski definition) is 5. The molecule has 0 unspecified atom stereocenters. The third kappa shape index (κ3) is 12.4. The second-order valence-electron chi connectivity index (χ2n) is 15.0. The third-order valence-corrected chi connectivity index (χ3v) is 10.5. The second kappa shape index (κ2) is 19.6. The molecule has 6 rings (SSSR count). The Morgan fingerprint density at radius 1 is 0.983 bits per heavy atom. The van der Waals surface area contributed by atoms with Crippen molar-refractivity contribution in [2.75, 3.05) is 69.2 Å². The first-order valence-corrected chi connectivity index (χ1v) is 22.3. The van der Waals surface area contributed by atoms with Gasteiger partial charge in [0.05, 0.1) is 33.2 Å². The predicted octanol–water partition coefficient (Wildman–Crippen LogP) is 7.86. The first-order chi connectivity index (χ1) is 27.9. The zero-order valence-corrected chi connectivity index (χ0v) is 34.7. The van der Waals surface area contributed by atoms with Crippen molar-refractivity contribution in [3.05, 3.63) is 109 Å². The summed E-state index contributed by atoms with van der Waals surface area (Å²) in [5.74, 6) is 2.27. The topological polar surface area (TPSA) is 163 Å². The molecular weight excluding hydrogens is 750 g/mol. The number of urea groups is 1. The second-order valence-corrected chi connectivity index (χ2v) is 18.5. The Morgan fingerprint density at radius 3 is 2.53 bits per heavy atom. The van der Waals surface area contributed by atoms with E-state index in [0.717, 1.165) is 79.7 Å². The zero-order valence-electron chi connectivity index (χ0n) is 33.8. The lowest BCUT2D eigenvalue weighted by Crippen LogP contribution is -2.37. The van der Waals surface area contributed by atoms with Gasteiger partial charge >= 0.3 is 6.03 Å². The van der Waals surface area contributed by atoms with E-state index in [1.807, 2.05) is 68.4 Å². The summed E-state index contributed by atoms with van der Waals surface area (Å²) in [6.07, 6.45) is 4.72. The molecule has 4 aromatic carbocycles. The van der Waals surface area contributed by atoms with E-state index >= 15 is 0 Å². The highest BCUT2D eigenvalue weighted by Gasteiger charge is 2.16. The Labute approximate surface area is 341 Å². The van der Waals surface area contributed by atoms with Crippen molar-refractivity contribution in [3.8, 4) is 17.4 Å². The number of allylic oxidation sites excluding steroid dienone is 1. The fourth-order valence-corrected chi connectivity index (χ4v) is 7.62. The number of hydrogen-bond acceptors (Lipinski definition) is 11. The largest absolute Gasteiger partial charge is 0.497 e. The van der Waals surface area contributed by atoms with Crippen molar-refractivity contribution in [2.24, 2.45) is 5.92 Å². The summed E-state index contributed by atoms with van der Waals surface area (Å²) in [5.41, 5.74) is 4.48. The molecule has 2 heterocycles. The van der Waals surface area contributed by atoms with Crippen LogP contribution < -0.4 is 36.2 Å². The molecule has 1 aliphatic rings. The molecule has 1 fully saturated rings. The van der Waals surface area contributed by atoms with E-state index in [2.05, 4.69) is 48.3 Å². The average Bonchev–Trinajstić information content (AvgIpc) is 3.18. The fourth-order valence-electron chi connectivity index (χ4n) is 6.54. The molecule has 1 saturated heterocycles. The van der Waals surface area contributed by atoms with Crippen LogP contribution in [0.25, 0.3) is 10.8 Å². The minimum Gasteiger partial charge on any atom is -0.497 e. The summed E-state index contributed by atoms with van der Waals surface area (Å²) in [6, 6.07) is 26.0. The smallest absolute Gasteiger partial charge is 0.324 e. The number of morpholine rings is 1. The maximum absolute atomic E-state index is 13.5. The highest BCUT2D eigenvalue weighted by atomic mass is 31.2. The minimum absolute atomic E-state index is 0.0621. The Bertz CT molecular complexity index is 2310. The first kappa shape index (κ1) is 41.9. The normalized spacial score (nSPS) is 13.5. The molecule has 0 saturated carbocycles. The van der Waals surface area contributed by atoms with Crippen LogP contribution in [0.1, 0.15) is 19.4 Å². The van der Waals surface area contributed by atoms with Crippen LogP contribution in [0.5, 0.6) is 17.4 Å². The lowest BCUT2D eigenvalue weighted by molar-refractivity contribution is 0.0405. The number of rotatable bonds is 17. The molecule has 5 aromatic rings. The summed E-state index contributed by atoms with van der Waals surface area (Å²) < 4.78 is 29.9. The molecule has 0 spiro atoms. The van der Waals surface area contributed by atoms with Gasteiger partial charge in [-0.1, -0.05) is 62.0 Å². The zero-order chi connectivity index (χ0) is 41.1. The molecule has 13 nitrogen and oxygen atoms in total. The van der Waals surface area contributed by atoms with Crippen LogP contribution in [0, 0.1) is 11.3 Å². The van der Waals surface area contributed by atoms with E-state index in [1.54, 1.807) is 50.9 Å². The summed E-state index contributed by atoms with van der Waals surface area (Å²) in [4.78, 5) is 25.0. The lowest BCUT2D eigenvalue weighted by atomic mass is 9.67. The molecule has 2 amide bonds. The predicted molar refractivity (Wildman–Crippen MR) is 237 cm³/mol. The summed E-state index contributed by atoms with van der Waals surface area (Å²) >= 11 is 0. The number of nitrogens with one attached hydrogen (secondary N) is 5. The lowest BCUT2D eigenvalue weighted by Gasteiger charge is -2.26. The van der Waals surface area contributed by atoms with Gasteiger partial charge in [0.2, 0.25) is 11.8 Å². The van der Waals surface area contributed by atoms with Crippen LogP contribution in [-0.4, -0.2) is 87.2 Å². The van der Waals surface area contributed by atoms with Crippen LogP contribution >= 0.6 is 7.14 Å². The number of amides is 2. The van der Waals surface area contributed by atoms with E-state index in [4.69, 9.17) is 19.6 Å². The number of aromatic nitrogens is 2. The number of anilines is 4. The maximum Gasteiger partial charge on any atom is 0.324 e. The van der Waals surface area contributed by atoms with Crippen molar-refractivity contribution in [3.63, 3.8) is 0 Å². The monoisotopic (exact) mass is 802 g/mol. The van der Waals surface area contributed by atoms with Gasteiger partial charge in [0.25, 0.3) is 0 Å². The quantitative estimate of drug-likeness (QED) is 0.0356. The van der Waals surface area contributed by atoms with Gasteiger partial charge < -0.3 is 40.1 Å². The van der Waals surface area contributed by atoms with E-state index < -0.39 is 13.2 Å². The van der Waals surface area contributed by atoms with Gasteiger partial charge in [0, 0.05) is 65.4 Å². The molecule has 1 aromatic heterocycles. The Hall–Kier alpha value is -5.69. The maximum atomic E-state index is 13.5. The van der Waals surface area contributed by atoms with Gasteiger partial charge in [-0.15, -0.1) is 0 Å². The fraction of sp³-hybridized carbons (Fsp3) is 0.302. The molecule has 0 radical (unpaired) electrons. The van der Waals surface area contributed by atoms with Crippen LogP contribution in [0.3, 0.4) is 0 Å². The first-order valence-electron chi connectivity index (χ1n) is 19.5. The van der Waals surface area contributed by atoms with Gasteiger partial charge in [0.15, 0.2) is 7.28 Å². The van der Waals surface area contributed by atoms with Gasteiger partial charge in [-0.05, 0) is 73.8 Å². The molecule has 1 aliphatic heterocycles. The van der Waals surface area contributed by atoms with Crippen LogP contribution in [0.4, 0.5) is 27.8 Å². The molecule has 5 N–H and O–H groups in total. The highest BCUT2D eigenvalue weighted by molar-refractivity contribution is 7.61. The molecule has 15 heteroatoms. The van der Waals surface area contributed by atoms with Crippen LogP contribution in [0.15, 0.2) is 103 Å². The van der Waals surface area contributed by atoms with Crippen molar-refractivity contribution in [2.45, 2.75) is 26.3 Å². The van der Waals surface area contributed by atoms with Crippen LogP contribution in [-0.2, 0) is 15.5 Å². The van der Waals surface area contributed by atoms with E-state index in [1.165, 1.54) is 0 Å². The van der Waals surface area contributed by atoms with E-state index in [0.29, 0.717) is 46.6 Å². The van der Waals surface area contributed by atoms with Gasteiger partial charge in [-0.25, -0.2) is 9.78 Å². The number of carbonyl (C=O) groups is 1. The van der Waals surface area contributed by atoms with Gasteiger partial charge in [-0.3, -0.25) is 10.2 Å². The van der Waals surface area contributed by atoms with Crippen molar-refractivity contribution in [1.82, 2.24) is 20.2 Å². The SMILES string of the molecule is COc1cc(BCCN2CCOCC2)cc(Nc2nccc(Oc3ccc(NC(=O)N/C(=C/C(=N)C(C)C)Nc4cccc(CP(C)(C)=O)c4)c4ccccc34)n2)c1. The van der Waals surface area contributed by atoms with Gasteiger partial charge in [0.1, 0.15) is 17.3 Å². The Kier molecular flexibility index (Phi) is 14.2. The number of nitrogens with zero attached hydrogens (tertiary/aromatic N) is 3. The van der Waals surface area contributed by atoms with Gasteiger partial charge in [-0.2, -0.15) is 4.98 Å². The van der Waals surface area contributed by atoms with E-state index in [9.17, 15) is 9.36 Å². The Balaban J connectivity index is 1.14.